The van der Waals surface area contributed by atoms with Crippen LogP contribution in [0.1, 0.15) is 22.8 Å². The van der Waals surface area contributed by atoms with Gasteiger partial charge in [-0.05, 0) is 37.3 Å². The fourth-order valence-corrected chi connectivity index (χ4v) is 1.94. The number of rotatable bonds is 5. The molecule has 0 unspecified atom stereocenters. The zero-order chi connectivity index (χ0) is 18.4. The molecule has 2 aromatic carbocycles. The van der Waals surface area contributed by atoms with Crippen LogP contribution in [0.2, 0.25) is 0 Å². The molecule has 0 aliphatic heterocycles. The summed E-state index contributed by atoms with van der Waals surface area (Å²) in [6, 6.07) is 13.3. The second-order valence-corrected chi connectivity index (χ2v) is 5.00. The number of para-hydroxylation sites is 2. The molecule has 0 radical (unpaired) electrons. The average Bonchev–Trinajstić information content (AvgIpc) is 2.61. The first-order valence-corrected chi connectivity index (χ1v) is 7.18. The quantitative estimate of drug-likeness (QED) is 0.507. The molecule has 0 heterocycles. The van der Waals surface area contributed by atoms with Crippen LogP contribution in [0.3, 0.4) is 0 Å². The van der Waals surface area contributed by atoms with E-state index in [0.717, 1.165) is 0 Å². The van der Waals surface area contributed by atoms with Crippen LogP contribution < -0.4 is 5.32 Å². The maximum Gasteiger partial charge on any atom is 0.338 e. The maximum atomic E-state index is 12.1. The number of nitro benzene ring substituents is 1. The van der Waals surface area contributed by atoms with Crippen LogP contribution in [-0.2, 0) is 9.53 Å². The molecule has 0 aliphatic rings. The highest BCUT2D eigenvalue weighted by atomic mass is 16.6. The van der Waals surface area contributed by atoms with Gasteiger partial charge in [0.15, 0.2) is 6.10 Å². The highest BCUT2D eigenvalue weighted by Gasteiger charge is 2.22. The minimum atomic E-state index is -1.16. The topological polar surface area (TPSA) is 122 Å². The summed E-state index contributed by atoms with van der Waals surface area (Å²) in [5.74, 6) is -1.44. The van der Waals surface area contributed by atoms with Crippen molar-refractivity contribution in [2.24, 2.45) is 0 Å². The summed E-state index contributed by atoms with van der Waals surface area (Å²) in [6.45, 7) is 1.35. The van der Waals surface area contributed by atoms with E-state index >= 15 is 0 Å². The Hall–Kier alpha value is -3.73. The Labute approximate surface area is 142 Å². The number of nitro groups is 1. The molecule has 0 aromatic heterocycles. The predicted molar refractivity (Wildman–Crippen MR) is 87.8 cm³/mol. The summed E-state index contributed by atoms with van der Waals surface area (Å²) in [5, 5.41) is 22.0. The van der Waals surface area contributed by atoms with Gasteiger partial charge in [0.05, 0.1) is 22.1 Å². The van der Waals surface area contributed by atoms with Crippen molar-refractivity contribution in [3.05, 3.63) is 69.8 Å². The SMILES string of the molecule is C[C@H](OC(=O)c1ccc(C#N)cc1)C(=O)Nc1ccccc1[N+](=O)[O-]. The van der Waals surface area contributed by atoms with Gasteiger partial charge in [0.2, 0.25) is 0 Å². The second-order valence-electron chi connectivity index (χ2n) is 5.00. The van der Waals surface area contributed by atoms with E-state index in [-0.39, 0.29) is 16.9 Å². The Morgan fingerprint density at radius 2 is 1.84 bits per heavy atom. The van der Waals surface area contributed by atoms with E-state index in [9.17, 15) is 19.7 Å². The lowest BCUT2D eigenvalue weighted by atomic mass is 10.1. The molecular weight excluding hydrogens is 326 g/mol. The van der Waals surface area contributed by atoms with E-state index in [2.05, 4.69) is 5.32 Å². The Morgan fingerprint density at radius 1 is 1.20 bits per heavy atom. The first-order chi connectivity index (χ1) is 11.9. The van der Waals surface area contributed by atoms with Gasteiger partial charge in [-0.2, -0.15) is 5.26 Å². The summed E-state index contributed by atoms with van der Waals surface area (Å²) >= 11 is 0. The molecule has 8 nitrogen and oxygen atoms in total. The molecule has 0 bridgehead atoms. The van der Waals surface area contributed by atoms with Gasteiger partial charge < -0.3 is 10.1 Å². The number of nitrogens with zero attached hydrogens (tertiary/aromatic N) is 2. The molecule has 25 heavy (non-hydrogen) atoms. The highest BCUT2D eigenvalue weighted by molar-refractivity contribution is 5.98. The number of carbonyl (C=O) groups is 2. The highest BCUT2D eigenvalue weighted by Crippen LogP contribution is 2.23. The van der Waals surface area contributed by atoms with Gasteiger partial charge in [-0.3, -0.25) is 14.9 Å². The van der Waals surface area contributed by atoms with E-state index in [1.807, 2.05) is 6.07 Å². The number of nitrogens with one attached hydrogen (secondary N) is 1. The standard InChI is InChI=1S/C17H13N3O5/c1-11(25-17(22)13-8-6-12(10-18)7-9-13)16(21)19-14-4-2-3-5-15(14)20(23)24/h2-9,11H,1H3,(H,19,21)/t11-/m0/s1. The van der Waals surface area contributed by atoms with Crippen molar-refractivity contribution in [3.63, 3.8) is 0 Å². The monoisotopic (exact) mass is 339 g/mol. The molecule has 0 fully saturated rings. The lowest BCUT2D eigenvalue weighted by molar-refractivity contribution is -0.383. The number of esters is 1. The van der Waals surface area contributed by atoms with Crippen molar-refractivity contribution in [1.29, 1.82) is 5.26 Å². The molecule has 2 rings (SSSR count). The van der Waals surface area contributed by atoms with Crippen molar-refractivity contribution < 1.29 is 19.2 Å². The summed E-state index contributed by atoms with van der Waals surface area (Å²) < 4.78 is 5.04. The van der Waals surface area contributed by atoms with Gasteiger partial charge in [0.1, 0.15) is 5.69 Å². The van der Waals surface area contributed by atoms with E-state index in [1.54, 1.807) is 0 Å². The fraction of sp³-hybridized carbons (Fsp3) is 0.118. The average molecular weight is 339 g/mol. The van der Waals surface area contributed by atoms with Gasteiger partial charge in [0.25, 0.3) is 11.6 Å². The zero-order valence-electron chi connectivity index (χ0n) is 13.1. The third-order valence-corrected chi connectivity index (χ3v) is 3.26. The molecular formula is C17H13N3O5. The Balaban J connectivity index is 2.04. The van der Waals surface area contributed by atoms with E-state index in [1.165, 1.54) is 55.5 Å². The molecule has 0 saturated carbocycles. The van der Waals surface area contributed by atoms with Gasteiger partial charge in [-0.25, -0.2) is 4.79 Å². The Kier molecular flexibility index (Phi) is 5.43. The Bertz CT molecular complexity index is 855. The van der Waals surface area contributed by atoms with Crippen LogP contribution >= 0.6 is 0 Å². The van der Waals surface area contributed by atoms with Crippen LogP contribution in [0.15, 0.2) is 48.5 Å². The lowest BCUT2D eigenvalue weighted by Crippen LogP contribution is -2.30. The smallest absolute Gasteiger partial charge is 0.338 e. The van der Waals surface area contributed by atoms with Crippen molar-refractivity contribution in [2.45, 2.75) is 13.0 Å². The summed E-state index contributed by atoms with van der Waals surface area (Å²) in [5.41, 5.74) is 0.323. The molecule has 0 saturated heterocycles. The number of benzene rings is 2. The van der Waals surface area contributed by atoms with E-state index in [0.29, 0.717) is 5.56 Å². The normalized spacial score (nSPS) is 11.0. The first-order valence-electron chi connectivity index (χ1n) is 7.18. The summed E-state index contributed by atoms with van der Waals surface area (Å²) in [4.78, 5) is 34.4. The fourth-order valence-electron chi connectivity index (χ4n) is 1.94. The molecule has 0 aliphatic carbocycles. The molecule has 1 atom stereocenters. The van der Waals surface area contributed by atoms with Gasteiger partial charge in [-0.1, -0.05) is 12.1 Å². The summed E-state index contributed by atoms with van der Waals surface area (Å²) in [6.07, 6.45) is -1.16. The number of amides is 1. The number of hydrogen-bond acceptors (Lipinski definition) is 6. The summed E-state index contributed by atoms with van der Waals surface area (Å²) in [7, 11) is 0. The Morgan fingerprint density at radius 3 is 2.44 bits per heavy atom. The van der Waals surface area contributed by atoms with E-state index in [4.69, 9.17) is 10.00 Å². The van der Waals surface area contributed by atoms with Gasteiger partial charge in [-0.15, -0.1) is 0 Å². The van der Waals surface area contributed by atoms with Crippen molar-refractivity contribution in [3.8, 4) is 6.07 Å². The van der Waals surface area contributed by atoms with Crippen LogP contribution in [0.5, 0.6) is 0 Å². The number of ether oxygens (including phenoxy) is 1. The minimum Gasteiger partial charge on any atom is -0.449 e. The molecule has 8 heteroatoms. The largest absolute Gasteiger partial charge is 0.449 e. The van der Waals surface area contributed by atoms with Crippen molar-refractivity contribution >= 4 is 23.3 Å². The minimum absolute atomic E-state index is 0.0128. The lowest BCUT2D eigenvalue weighted by Gasteiger charge is -2.13. The molecule has 0 spiro atoms. The number of anilines is 1. The molecule has 2 aromatic rings. The molecule has 1 N–H and O–H groups in total. The third kappa shape index (κ3) is 4.39. The van der Waals surface area contributed by atoms with Crippen LogP contribution in [0.4, 0.5) is 11.4 Å². The third-order valence-electron chi connectivity index (χ3n) is 3.26. The predicted octanol–water partition coefficient (Wildman–Crippen LogP) is 2.65. The number of carbonyl (C=O) groups excluding carboxylic acids is 2. The van der Waals surface area contributed by atoms with Gasteiger partial charge in [0, 0.05) is 6.07 Å². The maximum absolute atomic E-state index is 12.1. The van der Waals surface area contributed by atoms with Crippen molar-refractivity contribution in [2.75, 3.05) is 5.32 Å². The second kappa shape index (κ2) is 7.70. The first kappa shape index (κ1) is 17.6. The van der Waals surface area contributed by atoms with E-state index < -0.39 is 22.9 Å². The van der Waals surface area contributed by atoms with Crippen LogP contribution in [0.25, 0.3) is 0 Å². The molecule has 126 valence electrons. The van der Waals surface area contributed by atoms with Gasteiger partial charge >= 0.3 is 5.97 Å². The molecule has 1 amide bonds. The van der Waals surface area contributed by atoms with Crippen molar-refractivity contribution in [1.82, 2.24) is 0 Å². The number of nitriles is 1. The zero-order valence-corrected chi connectivity index (χ0v) is 13.1. The van der Waals surface area contributed by atoms with Crippen LogP contribution in [-0.4, -0.2) is 22.9 Å². The number of hydrogen-bond donors (Lipinski definition) is 1. The van der Waals surface area contributed by atoms with Crippen LogP contribution in [0, 0.1) is 21.4 Å².